The minimum absolute atomic E-state index is 0. The van der Waals surface area contributed by atoms with E-state index in [2.05, 4.69) is 18.0 Å². The molecule has 0 fully saturated rings. The zero-order chi connectivity index (χ0) is 8.62. The molecule has 0 aromatic heterocycles. The molecular formula is C5H17NO4S. The first-order valence-electron chi connectivity index (χ1n) is 3.01. The molecule has 0 aromatic rings. The van der Waals surface area contributed by atoms with Crippen molar-refractivity contribution >= 4 is 10.4 Å². The van der Waals surface area contributed by atoms with Crippen molar-refractivity contribution in [2.45, 2.75) is 26.7 Å². The van der Waals surface area contributed by atoms with Crippen molar-refractivity contribution in [2.24, 2.45) is 0 Å². The molecule has 0 heterocycles. The van der Waals surface area contributed by atoms with Gasteiger partial charge in [-0.25, -0.2) is 0 Å². The van der Waals surface area contributed by atoms with Crippen LogP contribution in [0.5, 0.6) is 0 Å². The molecule has 5 nitrogen and oxygen atoms in total. The Hall–Kier alpha value is -0.170. The second kappa shape index (κ2) is 9.83. The van der Waals surface area contributed by atoms with Gasteiger partial charge < -0.3 is 6.15 Å². The van der Waals surface area contributed by atoms with E-state index in [1.54, 1.807) is 0 Å². The maximum absolute atomic E-state index is 9.33. The zero-order valence-electron chi connectivity index (χ0n) is 7.20. The number of rotatable bonds is 2. The average Bonchev–Trinajstić information content (AvgIpc) is 1.87. The summed E-state index contributed by atoms with van der Waals surface area (Å²) in [6, 6.07) is 0. The molecule has 0 rings (SSSR count). The molecule has 72 valence electrons. The van der Waals surface area contributed by atoms with Crippen molar-refractivity contribution < 1.29 is 17.2 Å². The first-order valence-corrected chi connectivity index (χ1v) is 4.37. The Morgan fingerprint density at radius 2 is 1.45 bits per heavy atom. The Labute approximate surface area is 68.3 Å². The topological polar surface area (TPSA) is 98.6 Å². The highest BCUT2D eigenvalue weighted by atomic mass is 32.3. The molecule has 6 heteroatoms. The van der Waals surface area contributed by atoms with Crippen LogP contribution in [0.25, 0.3) is 0 Å². The van der Waals surface area contributed by atoms with Gasteiger partial charge in [0.15, 0.2) is 0 Å². The molecule has 0 amide bonds. The summed E-state index contributed by atoms with van der Waals surface area (Å²) >= 11 is 0. The van der Waals surface area contributed by atoms with Gasteiger partial charge in [-0.3, -0.25) is 8.74 Å². The molecule has 0 aliphatic heterocycles. The van der Waals surface area contributed by atoms with Crippen LogP contribution in [0.1, 0.15) is 26.7 Å². The Bertz CT molecular complexity index is 141. The van der Waals surface area contributed by atoms with E-state index in [4.69, 9.17) is 4.55 Å². The number of unbranched alkanes of at least 4 members (excludes halogenated alkanes) is 1. The number of hydrogen-bond donors (Lipinski definition) is 2. The van der Waals surface area contributed by atoms with Gasteiger partial charge in [0.1, 0.15) is 0 Å². The summed E-state index contributed by atoms with van der Waals surface area (Å²) in [6.07, 6.45) is 2.64. The van der Waals surface area contributed by atoms with Crippen molar-refractivity contribution in [1.82, 2.24) is 6.15 Å². The van der Waals surface area contributed by atoms with E-state index >= 15 is 0 Å². The average molecular weight is 187 g/mol. The third kappa shape index (κ3) is 41.1. The maximum Gasteiger partial charge on any atom is 0.397 e. The van der Waals surface area contributed by atoms with Crippen LogP contribution in [0.3, 0.4) is 0 Å². The van der Waals surface area contributed by atoms with Crippen LogP contribution in [0.2, 0.25) is 0 Å². The van der Waals surface area contributed by atoms with E-state index < -0.39 is 10.4 Å². The van der Waals surface area contributed by atoms with Crippen LogP contribution < -0.4 is 6.15 Å². The van der Waals surface area contributed by atoms with Gasteiger partial charge in [0.2, 0.25) is 0 Å². The quantitative estimate of drug-likeness (QED) is 0.637. The van der Waals surface area contributed by atoms with Crippen molar-refractivity contribution in [3.05, 3.63) is 0 Å². The van der Waals surface area contributed by atoms with Crippen LogP contribution in [0.15, 0.2) is 0 Å². The highest BCUT2D eigenvalue weighted by Crippen LogP contribution is 1.76. The van der Waals surface area contributed by atoms with Crippen LogP contribution in [-0.4, -0.2) is 20.1 Å². The fourth-order valence-corrected chi connectivity index (χ4v) is 0. The van der Waals surface area contributed by atoms with E-state index in [-0.39, 0.29) is 6.15 Å². The predicted molar refractivity (Wildman–Crippen MR) is 44.2 cm³/mol. The molecule has 0 aromatic carbocycles. The van der Waals surface area contributed by atoms with Gasteiger partial charge in [-0.15, -0.1) is 0 Å². The summed E-state index contributed by atoms with van der Waals surface area (Å²) in [7, 11) is -3.29. The SMILES string of the molecule is CCCC.COS(=O)(=O)O.N. The monoisotopic (exact) mass is 187 g/mol. The van der Waals surface area contributed by atoms with Crippen molar-refractivity contribution in [2.75, 3.05) is 7.11 Å². The maximum atomic E-state index is 9.33. The molecule has 4 N–H and O–H groups in total. The number of hydrogen-bond acceptors (Lipinski definition) is 4. The molecule has 0 bridgehead atoms. The lowest BCUT2D eigenvalue weighted by atomic mass is 10.4. The third-order valence-corrected chi connectivity index (χ3v) is 1.13. The second-order valence-electron chi connectivity index (χ2n) is 1.59. The Balaban J connectivity index is -0.000000114. The lowest BCUT2D eigenvalue weighted by molar-refractivity contribution is 0.324. The van der Waals surface area contributed by atoms with Crippen LogP contribution >= 0.6 is 0 Å². The van der Waals surface area contributed by atoms with Gasteiger partial charge in [0.25, 0.3) is 0 Å². The molecule has 0 spiro atoms. The molecule has 11 heavy (non-hydrogen) atoms. The van der Waals surface area contributed by atoms with E-state index in [1.165, 1.54) is 12.8 Å². The van der Waals surface area contributed by atoms with Gasteiger partial charge in [-0.2, -0.15) is 8.42 Å². The first-order chi connectivity index (χ1) is 4.47. The summed E-state index contributed by atoms with van der Waals surface area (Å²) < 4.78 is 29.7. The van der Waals surface area contributed by atoms with E-state index in [1.807, 2.05) is 0 Å². The van der Waals surface area contributed by atoms with Crippen molar-refractivity contribution in [3.8, 4) is 0 Å². The van der Waals surface area contributed by atoms with Gasteiger partial charge in [0.05, 0.1) is 7.11 Å². The summed E-state index contributed by atoms with van der Waals surface area (Å²) in [6.45, 7) is 4.36. The third-order valence-electron chi connectivity index (χ3n) is 0.711. The lowest BCUT2D eigenvalue weighted by Gasteiger charge is -1.82. The van der Waals surface area contributed by atoms with Crippen LogP contribution in [0, 0.1) is 0 Å². The molecule has 0 unspecified atom stereocenters. The smallest absolute Gasteiger partial charge is 0.344 e. The predicted octanol–water partition coefficient (Wildman–Crippen LogP) is 1.40. The molecule has 0 aliphatic rings. The normalized spacial score (nSPS) is 9.09. The van der Waals surface area contributed by atoms with E-state index in [0.29, 0.717) is 0 Å². The molecular weight excluding hydrogens is 170 g/mol. The highest BCUT2D eigenvalue weighted by molar-refractivity contribution is 7.80. The van der Waals surface area contributed by atoms with Gasteiger partial charge in [-0.05, 0) is 0 Å². The van der Waals surface area contributed by atoms with E-state index in [9.17, 15) is 8.42 Å². The summed E-state index contributed by atoms with van der Waals surface area (Å²) in [5.41, 5.74) is 0. The first kappa shape index (κ1) is 17.1. The molecule has 0 aliphatic carbocycles. The summed E-state index contributed by atoms with van der Waals surface area (Å²) in [5, 5.41) is 0. The fraction of sp³-hybridized carbons (Fsp3) is 1.00. The standard InChI is InChI=1S/C4H10.CH4O4S.H3N/c1-3-4-2;1-5-6(2,3)4;/h3-4H2,1-2H3;1H3,(H,2,3,4);1H3. The van der Waals surface area contributed by atoms with Crippen molar-refractivity contribution in [1.29, 1.82) is 0 Å². The summed E-state index contributed by atoms with van der Waals surface area (Å²) in [5.74, 6) is 0. The van der Waals surface area contributed by atoms with Gasteiger partial charge >= 0.3 is 10.4 Å². The zero-order valence-corrected chi connectivity index (χ0v) is 8.02. The van der Waals surface area contributed by atoms with Gasteiger partial charge in [-0.1, -0.05) is 26.7 Å². The fourth-order valence-electron chi connectivity index (χ4n) is 0. The van der Waals surface area contributed by atoms with Crippen LogP contribution in [0.4, 0.5) is 0 Å². The van der Waals surface area contributed by atoms with Gasteiger partial charge in [0, 0.05) is 0 Å². The Morgan fingerprint density at radius 1 is 1.27 bits per heavy atom. The minimum atomic E-state index is -4.16. The second-order valence-corrected chi connectivity index (χ2v) is 2.78. The van der Waals surface area contributed by atoms with Crippen molar-refractivity contribution in [3.63, 3.8) is 0 Å². The lowest BCUT2D eigenvalue weighted by Crippen LogP contribution is -1.96. The largest absolute Gasteiger partial charge is 0.397 e. The molecule has 0 saturated carbocycles. The van der Waals surface area contributed by atoms with E-state index in [0.717, 1.165) is 7.11 Å². The van der Waals surface area contributed by atoms with Crippen LogP contribution in [-0.2, 0) is 14.6 Å². The molecule has 0 atom stereocenters. The highest BCUT2D eigenvalue weighted by Gasteiger charge is 1.93. The minimum Gasteiger partial charge on any atom is -0.344 e. The summed E-state index contributed by atoms with van der Waals surface area (Å²) in [4.78, 5) is 0. The molecule has 0 saturated heterocycles. The Kier molecular flexibility index (Phi) is 15.3. The molecule has 0 radical (unpaired) electrons. The Morgan fingerprint density at radius 3 is 1.45 bits per heavy atom.